The molecule has 2 aromatic rings. The first kappa shape index (κ1) is 15.4. The lowest BCUT2D eigenvalue weighted by Gasteiger charge is -2.24. The van der Waals surface area contributed by atoms with Crippen molar-refractivity contribution in [3.05, 3.63) is 64.2 Å². The first-order valence-electron chi connectivity index (χ1n) is 7.22. The smallest absolute Gasteiger partial charge is 0.313 e. The van der Waals surface area contributed by atoms with Crippen LogP contribution in [-0.2, 0) is 22.6 Å². The Bertz CT molecular complexity index is 782. The van der Waals surface area contributed by atoms with Gasteiger partial charge in [-0.05, 0) is 47.9 Å². The number of carbonyl (C=O) groups is 1. The molecule has 23 heavy (non-hydrogen) atoms. The van der Waals surface area contributed by atoms with Crippen LogP contribution in [0.2, 0.25) is 5.02 Å². The molecule has 0 aromatic heterocycles. The summed E-state index contributed by atoms with van der Waals surface area (Å²) in [7, 11) is 0. The van der Waals surface area contributed by atoms with Crippen molar-refractivity contribution in [2.45, 2.75) is 13.0 Å². The van der Waals surface area contributed by atoms with E-state index in [1.807, 2.05) is 18.2 Å². The topological polar surface area (TPSA) is 59.3 Å². The maximum absolute atomic E-state index is 12.2. The van der Waals surface area contributed by atoms with Crippen LogP contribution in [0.1, 0.15) is 16.7 Å². The van der Waals surface area contributed by atoms with Crippen molar-refractivity contribution in [2.24, 2.45) is 5.92 Å². The summed E-state index contributed by atoms with van der Waals surface area (Å²) in [6.45, 7) is 0.443. The summed E-state index contributed by atoms with van der Waals surface area (Å²) in [4.78, 5) is 12.2. The number of carbonyl (C=O) groups excluding carboxylic acids is 1. The number of benzene rings is 2. The van der Waals surface area contributed by atoms with Gasteiger partial charge in [-0.3, -0.25) is 4.79 Å². The molecule has 3 rings (SSSR count). The Labute approximate surface area is 139 Å². The van der Waals surface area contributed by atoms with Gasteiger partial charge in [0.05, 0.1) is 17.6 Å². The Morgan fingerprint density at radius 2 is 2.22 bits per heavy atom. The van der Waals surface area contributed by atoms with E-state index in [4.69, 9.17) is 26.3 Å². The standard InChI is InChI=1S/C18H14ClNO3/c19-16-4-5-17-14(8-16)7-15(11-22-17)18(21)23-10-13-3-1-2-12(6-13)9-20/h1-6,8,15H,7,10-11H2/t15-/m1/s1. The lowest BCUT2D eigenvalue weighted by atomic mass is 9.97. The average Bonchev–Trinajstić information content (AvgIpc) is 2.59. The molecule has 0 fully saturated rings. The van der Waals surface area contributed by atoms with Crippen LogP contribution >= 0.6 is 11.6 Å². The summed E-state index contributed by atoms with van der Waals surface area (Å²) >= 11 is 5.98. The highest BCUT2D eigenvalue weighted by Crippen LogP contribution is 2.30. The summed E-state index contributed by atoms with van der Waals surface area (Å²) in [5, 5.41) is 9.49. The predicted octanol–water partition coefficient (Wildman–Crippen LogP) is 3.51. The van der Waals surface area contributed by atoms with Crippen molar-refractivity contribution in [2.75, 3.05) is 6.61 Å². The van der Waals surface area contributed by atoms with Crippen molar-refractivity contribution < 1.29 is 14.3 Å². The van der Waals surface area contributed by atoms with Crippen molar-refractivity contribution in [1.29, 1.82) is 5.26 Å². The van der Waals surface area contributed by atoms with Crippen LogP contribution in [0.3, 0.4) is 0 Å². The van der Waals surface area contributed by atoms with Gasteiger partial charge in [0.1, 0.15) is 19.0 Å². The molecule has 5 heteroatoms. The molecule has 0 spiro atoms. The Kier molecular flexibility index (Phi) is 4.50. The van der Waals surface area contributed by atoms with Crippen LogP contribution in [0.25, 0.3) is 0 Å². The highest BCUT2D eigenvalue weighted by Gasteiger charge is 2.27. The summed E-state index contributed by atoms with van der Waals surface area (Å²) in [5.41, 5.74) is 2.25. The molecule has 0 aliphatic carbocycles. The van der Waals surface area contributed by atoms with E-state index in [0.29, 0.717) is 23.6 Å². The summed E-state index contributed by atoms with van der Waals surface area (Å²) < 4.78 is 10.9. The number of rotatable bonds is 3. The maximum atomic E-state index is 12.2. The molecule has 0 radical (unpaired) electrons. The van der Waals surface area contributed by atoms with Gasteiger partial charge in [-0.15, -0.1) is 0 Å². The molecule has 4 nitrogen and oxygen atoms in total. The fraction of sp³-hybridized carbons (Fsp3) is 0.222. The van der Waals surface area contributed by atoms with E-state index in [9.17, 15) is 4.79 Å². The molecule has 116 valence electrons. The zero-order chi connectivity index (χ0) is 16.2. The van der Waals surface area contributed by atoms with Gasteiger partial charge in [-0.2, -0.15) is 5.26 Å². The van der Waals surface area contributed by atoms with Crippen LogP contribution in [0, 0.1) is 17.2 Å². The highest BCUT2D eigenvalue weighted by molar-refractivity contribution is 6.30. The van der Waals surface area contributed by atoms with Gasteiger partial charge >= 0.3 is 5.97 Å². The van der Waals surface area contributed by atoms with Gasteiger partial charge in [0.25, 0.3) is 0 Å². The molecular weight excluding hydrogens is 314 g/mol. The zero-order valence-electron chi connectivity index (χ0n) is 12.3. The molecule has 2 aromatic carbocycles. The maximum Gasteiger partial charge on any atom is 0.313 e. The fourth-order valence-electron chi connectivity index (χ4n) is 2.52. The van der Waals surface area contributed by atoms with Crippen LogP contribution in [0.4, 0.5) is 0 Å². The van der Waals surface area contributed by atoms with Gasteiger partial charge < -0.3 is 9.47 Å². The van der Waals surface area contributed by atoms with E-state index in [0.717, 1.165) is 16.9 Å². The lowest BCUT2D eigenvalue weighted by Crippen LogP contribution is -2.29. The van der Waals surface area contributed by atoms with Crippen molar-refractivity contribution in [1.82, 2.24) is 0 Å². The van der Waals surface area contributed by atoms with Gasteiger partial charge in [0.2, 0.25) is 0 Å². The van der Waals surface area contributed by atoms with Crippen LogP contribution in [0.5, 0.6) is 5.75 Å². The number of esters is 1. The molecule has 1 atom stereocenters. The molecule has 0 bridgehead atoms. The highest BCUT2D eigenvalue weighted by atomic mass is 35.5. The van der Waals surface area contributed by atoms with E-state index in [1.54, 1.807) is 24.3 Å². The second-order valence-electron chi connectivity index (χ2n) is 5.38. The lowest BCUT2D eigenvalue weighted by molar-refractivity contribution is -0.151. The van der Waals surface area contributed by atoms with Gasteiger partial charge in [-0.1, -0.05) is 23.7 Å². The molecule has 0 saturated carbocycles. The number of nitriles is 1. The van der Waals surface area contributed by atoms with Crippen molar-refractivity contribution in [3.63, 3.8) is 0 Å². The molecule has 1 heterocycles. The number of ether oxygens (including phenoxy) is 2. The van der Waals surface area contributed by atoms with Gasteiger partial charge in [0.15, 0.2) is 0 Å². The molecule has 0 amide bonds. The van der Waals surface area contributed by atoms with Crippen molar-refractivity contribution in [3.8, 4) is 11.8 Å². The Morgan fingerprint density at radius 3 is 3.04 bits per heavy atom. The molecule has 1 aliphatic rings. The van der Waals surface area contributed by atoms with Crippen LogP contribution in [-0.4, -0.2) is 12.6 Å². The molecule has 1 aliphatic heterocycles. The van der Waals surface area contributed by atoms with Crippen molar-refractivity contribution >= 4 is 17.6 Å². The van der Waals surface area contributed by atoms with E-state index in [-0.39, 0.29) is 18.5 Å². The predicted molar refractivity (Wildman–Crippen MR) is 85.1 cm³/mol. The van der Waals surface area contributed by atoms with Gasteiger partial charge in [0, 0.05) is 5.02 Å². The Hall–Kier alpha value is -2.51. The molecule has 0 unspecified atom stereocenters. The quantitative estimate of drug-likeness (QED) is 0.809. The van der Waals surface area contributed by atoms with Gasteiger partial charge in [-0.25, -0.2) is 0 Å². The minimum absolute atomic E-state index is 0.146. The molecule has 0 N–H and O–H groups in total. The third-order valence-electron chi connectivity index (χ3n) is 3.70. The number of fused-ring (bicyclic) bond motifs is 1. The summed E-state index contributed by atoms with van der Waals surface area (Å²) in [6.07, 6.45) is 0.549. The molecular formula is C18H14ClNO3. The normalized spacial score (nSPS) is 15.9. The first-order chi connectivity index (χ1) is 11.2. The second kappa shape index (κ2) is 6.72. The average molecular weight is 328 g/mol. The van der Waals surface area contributed by atoms with E-state index in [2.05, 4.69) is 6.07 Å². The minimum atomic E-state index is -0.347. The zero-order valence-corrected chi connectivity index (χ0v) is 13.0. The number of hydrogen-bond donors (Lipinski definition) is 0. The summed E-state index contributed by atoms with van der Waals surface area (Å²) in [6, 6.07) is 14.5. The second-order valence-corrected chi connectivity index (χ2v) is 5.82. The SMILES string of the molecule is N#Cc1cccc(COC(=O)[C@H]2COc3ccc(Cl)cc3C2)c1. The van der Waals surface area contributed by atoms with Crippen LogP contribution < -0.4 is 4.74 Å². The Balaban J connectivity index is 1.62. The van der Waals surface area contributed by atoms with E-state index < -0.39 is 0 Å². The first-order valence-corrected chi connectivity index (χ1v) is 7.60. The molecule has 0 saturated heterocycles. The Morgan fingerprint density at radius 1 is 1.35 bits per heavy atom. The monoisotopic (exact) mass is 327 g/mol. The van der Waals surface area contributed by atoms with Crippen LogP contribution in [0.15, 0.2) is 42.5 Å². The number of halogens is 1. The third-order valence-corrected chi connectivity index (χ3v) is 3.93. The number of hydrogen-bond acceptors (Lipinski definition) is 4. The minimum Gasteiger partial charge on any atom is -0.492 e. The fourth-order valence-corrected chi connectivity index (χ4v) is 2.71. The number of nitrogens with zero attached hydrogens (tertiary/aromatic N) is 1. The van der Waals surface area contributed by atoms with E-state index >= 15 is 0 Å². The summed E-state index contributed by atoms with van der Waals surface area (Å²) in [5.74, 6) is 0.110. The third kappa shape index (κ3) is 3.64. The largest absolute Gasteiger partial charge is 0.492 e. The van der Waals surface area contributed by atoms with E-state index in [1.165, 1.54) is 0 Å².